The van der Waals surface area contributed by atoms with Gasteiger partial charge in [-0.2, -0.15) is 0 Å². The van der Waals surface area contributed by atoms with Gasteiger partial charge in [0, 0.05) is 11.6 Å². The van der Waals surface area contributed by atoms with Gasteiger partial charge in [-0.25, -0.2) is 8.78 Å². The van der Waals surface area contributed by atoms with Gasteiger partial charge in [-0.3, -0.25) is 4.79 Å². The predicted molar refractivity (Wildman–Crippen MR) is 81.5 cm³/mol. The number of hydrogen-bond donors (Lipinski definition) is 2. The largest absolute Gasteiger partial charge is 0.324 e. The van der Waals surface area contributed by atoms with Crippen LogP contribution in [0.3, 0.4) is 0 Å². The standard InChI is InChI=1S/C17H18F2N2O/c1-2-21(11-13-6-4-3-5-7-13)12-17(22)20-16-10-14(18)8-9-15(16)19/h3-10H,2,11-12H2,1H3,(H,20,22)/p+1. The third-order valence-electron chi connectivity index (χ3n) is 3.41. The van der Waals surface area contributed by atoms with Crippen molar-refractivity contribution >= 4 is 11.6 Å². The molecule has 0 radical (unpaired) electrons. The Labute approximate surface area is 128 Å². The minimum absolute atomic E-state index is 0.125. The maximum atomic E-state index is 13.5. The summed E-state index contributed by atoms with van der Waals surface area (Å²) < 4.78 is 26.6. The molecule has 1 unspecified atom stereocenters. The van der Waals surface area contributed by atoms with Gasteiger partial charge in [0.15, 0.2) is 6.54 Å². The number of nitrogens with one attached hydrogen (secondary N) is 2. The molecule has 2 aromatic carbocycles. The van der Waals surface area contributed by atoms with Crippen molar-refractivity contribution in [2.45, 2.75) is 13.5 Å². The molecule has 1 atom stereocenters. The number of carbonyl (C=O) groups is 1. The van der Waals surface area contributed by atoms with E-state index >= 15 is 0 Å². The summed E-state index contributed by atoms with van der Waals surface area (Å²) in [5.41, 5.74) is 1.00. The van der Waals surface area contributed by atoms with Crippen molar-refractivity contribution in [1.29, 1.82) is 0 Å². The second-order valence-corrected chi connectivity index (χ2v) is 5.12. The molecule has 2 rings (SSSR count). The Kier molecular flexibility index (Phi) is 5.61. The van der Waals surface area contributed by atoms with E-state index in [0.717, 1.165) is 35.2 Å². The summed E-state index contributed by atoms with van der Waals surface area (Å²) in [6.45, 7) is 3.64. The molecule has 0 saturated heterocycles. The Morgan fingerprint density at radius 1 is 1.14 bits per heavy atom. The van der Waals surface area contributed by atoms with Crippen molar-refractivity contribution in [2.75, 3.05) is 18.4 Å². The highest BCUT2D eigenvalue weighted by Crippen LogP contribution is 2.14. The van der Waals surface area contributed by atoms with Gasteiger partial charge in [0.25, 0.3) is 5.91 Å². The lowest BCUT2D eigenvalue weighted by atomic mass is 10.2. The lowest BCUT2D eigenvalue weighted by Crippen LogP contribution is -3.11. The fraction of sp³-hybridized carbons (Fsp3) is 0.235. The minimum atomic E-state index is -0.643. The quantitative estimate of drug-likeness (QED) is 0.841. The van der Waals surface area contributed by atoms with Crippen LogP contribution in [0.5, 0.6) is 0 Å². The third-order valence-corrected chi connectivity index (χ3v) is 3.41. The molecule has 5 heteroatoms. The van der Waals surface area contributed by atoms with Crippen LogP contribution in [0.2, 0.25) is 0 Å². The van der Waals surface area contributed by atoms with E-state index in [0.29, 0.717) is 6.54 Å². The van der Waals surface area contributed by atoms with Gasteiger partial charge in [-0.05, 0) is 19.1 Å². The number of hydrogen-bond acceptors (Lipinski definition) is 1. The molecule has 0 aliphatic carbocycles. The lowest BCUT2D eigenvalue weighted by molar-refractivity contribution is -0.903. The van der Waals surface area contributed by atoms with Crippen LogP contribution in [0, 0.1) is 11.6 Å². The summed E-state index contributed by atoms with van der Waals surface area (Å²) in [7, 11) is 0. The summed E-state index contributed by atoms with van der Waals surface area (Å²) in [6, 6.07) is 12.8. The van der Waals surface area contributed by atoms with Crippen LogP contribution in [0.4, 0.5) is 14.5 Å². The molecule has 0 saturated carbocycles. The SMILES string of the molecule is CC[NH+](CC(=O)Nc1cc(F)ccc1F)Cc1ccccc1. The van der Waals surface area contributed by atoms with Crippen molar-refractivity contribution < 1.29 is 18.5 Å². The fourth-order valence-electron chi connectivity index (χ4n) is 2.21. The number of anilines is 1. The molecule has 0 heterocycles. The Bertz CT molecular complexity index is 632. The zero-order valence-electron chi connectivity index (χ0n) is 12.4. The van der Waals surface area contributed by atoms with Gasteiger partial charge >= 0.3 is 0 Å². The molecule has 0 spiro atoms. The first-order valence-electron chi connectivity index (χ1n) is 7.21. The Morgan fingerprint density at radius 3 is 2.55 bits per heavy atom. The van der Waals surface area contributed by atoms with Gasteiger partial charge in [0.2, 0.25) is 0 Å². The minimum Gasteiger partial charge on any atom is -0.324 e. The maximum Gasteiger partial charge on any atom is 0.279 e. The second kappa shape index (κ2) is 7.66. The first kappa shape index (κ1) is 16.1. The zero-order chi connectivity index (χ0) is 15.9. The van der Waals surface area contributed by atoms with Crippen LogP contribution in [-0.2, 0) is 11.3 Å². The first-order chi connectivity index (χ1) is 10.6. The average molecular weight is 305 g/mol. The molecule has 0 aliphatic rings. The van der Waals surface area contributed by atoms with Crippen LogP contribution >= 0.6 is 0 Å². The van der Waals surface area contributed by atoms with E-state index in [4.69, 9.17) is 0 Å². The first-order valence-corrected chi connectivity index (χ1v) is 7.21. The topological polar surface area (TPSA) is 33.5 Å². The third kappa shape index (κ3) is 4.63. The van der Waals surface area contributed by atoms with E-state index in [9.17, 15) is 13.6 Å². The molecule has 0 aromatic heterocycles. The van der Waals surface area contributed by atoms with Crippen molar-refractivity contribution in [2.24, 2.45) is 0 Å². The summed E-state index contributed by atoms with van der Waals surface area (Å²) in [4.78, 5) is 13.1. The highest BCUT2D eigenvalue weighted by atomic mass is 19.1. The molecular formula is C17H19F2N2O+. The average Bonchev–Trinajstić information content (AvgIpc) is 2.51. The fourth-order valence-corrected chi connectivity index (χ4v) is 2.21. The highest BCUT2D eigenvalue weighted by molar-refractivity contribution is 5.91. The lowest BCUT2D eigenvalue weighted by Gasteiger charge is -2.17. The van der Waals surface area contributed by atoms with Gasteiger partial charge < -0.3 is 10.2 Å². The smallest absolute Gasteiger partial charge is 0.279 e. The summed E-state index contributed by atoms with van der Waals surface area (Å²) in [5.74, 6) is -1.56. The van der Waals surface area contributed by atoms with E-state index in [-0.39, 0.29) is 18.1 Å². The molecular weight excluding hydrogens is 286 g/mol. The van der Waals surface area contributed by atoms with Crippen molar-refractivity contribution in [3.8, 4) is 0 Å². The maximum absolute atomic E-state index is 13.5. The van der Waals surface area contributed by atoms with E-state index in [2.05, 4.69) is 5.32 Å². The van der Waals surface area contributed by atoms with E-state index < -0.39 is 11.6 Å². The summed E-state index contributed by atoms with van der Waals surface area (Å²) in [5, 5.41) is 2.43. The van der Waals surface area contributed by atoms with Gasteiger partial charge in [0.05, 0.1) is 12.2 Å². The van der Waals surface area contributed by atoms with Crippen LogP contribution in [-0.4, -0.2) is 19.0 Å². The van der Waals surface area contributed by atoms with Gasteiger partial charge in [-0.1, -0.05) is 30.3 Å². The summed E-state index contributed by atoms with van der Waals surface area (Å²) >= 11 is 0. The van der Waals surface area contributed by atoms with E-state index in [1.54, 1.807) is 0 Å². The number of rotatable bonds is 6. The molecule has 2 aromatic rings. The van der Waals surface area contributed by atoms with Crippen molar-refractivity contribution in [1.82, 2.24) is 0 Å². The molecule has 1 amide bonds. The highest BCUT2D eigenvalue weighted by Gasteiger charge is 2.15. The zero-order valence-corrected chi connectivity index (χ0v) is 12.4. The van der Waals surface area contributed by atoms with Crippen molar-refractivity contribution in [3.63, 3.8) is 0 Å². The van der Waals surface area contributed by atoms with Gasteiger partial charge in [0.1, 0.15) is 18.2 Å². The molecule has 3 nitrogen and oxygen atoms in total. The Balaban J connectivity index is 1.96. The van der Waals surface area contributed by atoms with Crippen LogP contribution in [0.15, 0.2) is 48.5 Å². The molecule has 0 fully saturated rings. The van der Waals surface area contributed by atoms with Crippen LogP contribution in [0.1, 0.15) is 12.5 Å². The Hall–Kier alpha value is -2.27. The summed E-state index contributed by atoms with van der Waals surface area (Å²) in [6.07, 6.45) is 0. The van der Waals surface area contributed by atoms with Crippen LogP contribution < -0.4 is 10.2 Å². The molecule has 116 valence electrons. The number of amides is 1. The Morgan fingerprint density at radius 2 is 1.86 bits per heavy atom. The predicted octanol–water partition coefficient (Wildman–Crippen LogP) is 2.01. The number of likely N-dealkylation sites (N-methyl/N-ethyl adjacent to an activating group) is 1. The number of quaternary nitrogens is 1. The number of carbonyl (C=O) groups excluding carboxylic acids is 1. The molecule has 0 aliphatic heterocycles. The van der Waals surface area contributed by atoms with E-state index in [1.165, 1.54) is 0 Å². The molecule has 0 bridgehead atoms. The molecule has 2 N–H and O–H groups in total. The molecule has 22 heavy (non-hydrogen) atoms. The van der Waals surface area contributed by atoms with E-state index in [1.807, 2.05) is 37.3 Å². The second-order valence-electron chi connectivity index (χ2n) is 5.12. The van der Waals surface area contributed by atoms with Crippen LogP contribution in [0.25, 0.3) is 0 Å². The normalized spacial score (nSPS) is 12.0. The van der Waals surface area contributed by atoms with Gasteiger partial charge in [-0.15, -0.1) is 0 Å². The monoisotopic (exact) mass is 305 g/mol. The number of benzene rings is 2. The number of halogens is 2. The van der Waals surface area contributed by atoms with Crippen molar-refractivity contribution in [3.05, 3.63) is 65.7 Å².